The van der Waals surface area contributed by atoms with Crippen LogP contribution in [0.4, 0.5) is 5.69 Å². The maximum absolute atomic E-state index is 11.3. The van der Waals surface area contributed by atoms with E-state index in [4.69, 9.17) is 0 Å². The van der Waals surface area contributed by atoms with E-state index in [1.165, 1.54) is 30.4 Å². The molecule has 0 radical (unpaired) electrons. The van der Waals surface area contributed by atoms with Crippen LogP contribution in [0.5, 0.6) is 0 Å². The van der Waals surface area contributed by atoms with Gasteiger partial charge in [0.15, 0.2) is 0 Å². The maximum atomic E-state index is 11.3. The monoisotopic (exact) mass is 313 g/mol. The average Bonchev–Trinajstić information content (AvgIpc) is 2.52. The molecule has 2 unspecified atom stereocenters. The van der Waals surface area contributed by atoms with Crippen molar-refractivity contribution in [1.82, 2.24) is 0 Å². The van der Waals surface area contributed by atoms with Crippen molar-refractivity contribution < 1.29 is 4.21 Å². The molecule has 0 heterocycles. The van der Waals surface area contributed by atoms with Crippen LogP contribution in [0.25, 0.3) is 0 Å². The SMILES string of the molecule is CS(=O)Cc1cccc(NCC2CCc3ccccc3C2)c1. The van der Waals surface area contributed by atoms with Gasteiger partial charge in [-0.3, -0.25) is 4.21 Å². The number of anilines is 1. The molecule has 2 aromatic rings. The van der Waals surface area contributed by atoms with Gasteiger partial charge in [0.25, 0.3) is 0 Å². The van der Waals surface area contributed by atoms with Crippen LogP contribution in [0.1, 0.15) is 23.1 Å². The molecule has 2 atom stereocenters. The Labute approximate surface area is 135 Å². The summed E-state index contributed by atoms with van der Waals surface area (Å²) in [7, 11) is -0.786. The van der Waals surface area contributed by atoms with Crippen molar-refractivity contribution in [2.24, 2.45) is 5.92 Å². The summed E-state index contributed by atoms with van der Waals surface area (Å²) in [6.07, 6.45) is 5.36. The van der Waals surface area contributed by atoms with Gasteiger partial charge in [-0.25, -0.2) is 0 Å². The number of aryl methyl sites for hydroxylation is 1. The van der Waals surface area contributed by atoms with Crippen molar-refractivity contribution in [3.63, 3.8) is 0 Å². The van der Waals surface area contributed by atoms with E-state index in [2.05, 4.69) is 41.7 Å². The molecule has 1 N–H and O–H groups in total. The van der Waals surface area contributed by atoms with E-state index < -0.39 is 10.8 Å². The molecule has 1 aliphatic carbocycles. The van der Waals surface area contributed by atoms with Crippen molar-refractivity contribution in [3.05, 3.63) is 65.2 Å². The fourth-order valence-electron chi connectivity index (χ4n) is 3.22. The van der Waals surface area contributed by atoms with Crippen LogP contribution in [0.3, 0.4) is 0 Å². The summed E-state index contributed by atoms with van der Waals surface area (Å²) in [6, 6.07) is 17.1. The Morgan fingerprint density at radius 3 is 2.77 bits per heavy atom. The average molecular weight is 313 g/mol. The zero-order valence-corrected chi connectivity index (χ0v) is 13.9. The predicted octanol–water partition coefficient (Wildman–Crippen LogP) is 3.78. The van der Waals surface area contributed by atoms with Gasteiger partial charge >= 0.3 is 0 Å². The third-order valence-electron chi connectivity index (χ3n) is 4.34. The Kier molecular flexibility index (Phi) is 4.94. The van der Waals surface area contributed by atoms with Crippen LogP contribution < -0.4 is 5.32 Å². The molecule has 2 aromatic carbocycles. The molecule has 0 aliphatic heterocycles. The number of fused-ring (bicyclic) bond motifs is 1. The molecule has 0 fully saturated rings. The van der Waals surface area contributed by atoms with E-state index in [1.807, 2.05) is 12.1 Å². The lowest BCUT2D eigenvalue weighted by molar-refractivity contribution is 0.481. The number of benzene rings is 2. The second kappa shape index (κ2) is 7.10. The minimum Gasteiger partial charge on any atom is -0.385 e. The van der Waals surface area contributed by atoms with Gasteiger partial charge in [-0.1, -0.05) is 36.4 Å². The Balaban J connectivity index is 1.58. The smallest absolute Gasteiger partial charge is 0.0483 e. The standard InChI is InChI=1S/C19H23NOS/c1-22(21)14-16-5-4-8-19(12-16)20-13-15-9-10-17-6-2-3-7-18(17)11-15/h2-8,12,15,20H,9-11,13-14H2,1H3. The topological polar surface area (TPSA) is 29.1 Å². The molecule has 2 nitrogen and oxygen atoms in total. The number of hydrogen-bond donors (Lipinski definition) is 1. The third-order valence-corrected chi connectivity index (χ3v) is 5.08. The van der Waals surface area contributed by atoms with E-state index in [-0.39, 0.29) is 0 Å². The minimum atomic E-state index is -0.786. The van der Waals surface area contributed by atoms with Gasteiger partial charge in [0, 0.05) is 35.0 Å². The number of nitrogens with one attached hydrogen (secondary N) is 1. The van der Waals surface area contributed by atoms with Crippen molar-refractivity contribution in [2.75, 3.05) is 18.1 Å². The maximum Gasteiger partial charge on any atom is 0.0483 e. The Hall–Kier alpha value is -1.61. The first-order valence-corrected chi connectivity index (χ1v) is 9.63. The van der Waals surface area contributed by atoms with E-state index in [1.54, 1.807) is 6.26 Å². The van der Waals surface area contributed by atoms with Crippen molar-refractivity contribution >= 4 is 16.5 Å². The largest absolute Gasteiger partial charge is 0.385 e. The molecule has 0 saturated carbocycles. The Morgan fingerprint density at radius 2 is 1.95 bits per heavy atom. The lowest BCUT2D eigenvalue weighted by Crippen LogP contribution is -2.21. The highest BCUT2D eigenvalue weighted by molar-refractivity contribution is 7.83. The van der Waals surface area contributed by atoms with Crippen LogP contribution in [0, 0.1) is 5.92 Å². The third kappa shape index (κ3) is 3.98. The Morgan fingerprint density at radius 1 is 1.14 bits per heavy atom. The molecule has 0 bridgehead atoms. The first-order valence-electron chi connectivity index (χ1n) is 7.90. The molecule has 0 saturated heterocycles. The number of rotatable bonds is 5. The van der Waals surface area contributed by atoms with Crippen molar-refractivity contribution in [2.45, 2.75) is 25.0 Å². The number of hydrogen-bond acceptors (Lipinski definition) is 2. The lowest BCUT2D eigenvalue weighted by Gasteiger charge is -2.25. The van der Waals surface area contributed by atoms with E-state index in [0.29, 0.717) is 11.7 Å². The van der Waals surface area contributed by atoms with E-state index >= 15 is 0 Å². The van der Waals surface area contributed by atoms with E-state index in [9.17, 15) is 4.21 Å². The molecule has 3 rings (SSSR count). The molecule has 116 valence electrons. The normalized spacial score (nSPS) is 18.5. The van der Waals surface area contributed by atoms with Crippen molar-refractivity contribution in [3.8, 4) is 0 Å². The first kappa shape index (κ1) is 15.3. The highest BCUT2D eigenvalue weighted by Crippen LogP contribution is 2.25. The van der Waals surface area contributed by atoms with Crippen LogP contribution in [0.2, 0.25) is 0 Å². The molecule has 3 heteroatoms. The summed E-state index contributed by atoms with van der Waals surface area (Å²) in [4.78, 5) is 0. The highest BCUT2D eigenvalue weighted by atomic mass is 32.2. The summed E-state index contributed by atoms with van der Waals surface area (Å²) >= 11 is 0. The minimum absolute atomic E-state index is 0.631. The fourth-order valence-corrected chi connectivity index (χ4v) is 3.86. The van der Waals surface area contributed by atoms with E-state index in [0.717, 1.165) is 17.8 Å². The van der Waals surface area contributed by atoms with Gasteiger partial charge in [-0.15, -0.1) is 0 Å². The highest BCUT2D eigenvalue weighted by Gasteiger charge is 2.17. The summed E-state index contributed by atoms with van der Waals surface area (Å²) in [5.41, 5.74) is 5.31. The van der Waals surface area contributed by atoms with Crippen molar-refractivity contribution in [1.29, 1.82) is 0 Å². The molecule has 1 aliphatic rings. The zero-order valence-electron chi connectivity index (χ0n) is 13.0. The van der Waals surface area contributed by atoms with Gasteiger partial charge in [-0.2, -0.15) is 0 Å². The van der Waals surface area contributed by atoms with Gasteiger partial charge in [0.2, 0.25) is 0 Å². The molecule has 0 spiro atoms. The van der Waals surface area contributed by atoms with Gasteiger partial charge in [0.1, 0.15) is 0 Å². The summed E-state index contributed by atoms with van der Waals surface area (Å²) in [5.74, 6) is 1.32. The zero-order chi connectivity index (χ0) is 15.4. The van der Waals surface area contributed by atoms with Gasteiger partial charge in [-0.05, 0) is 54.0 Å². The van der Waals surface area contributed by atoms with Gasteiger partial charge < -0.3 is 5.32 Å². The molecular formula is C19H23NOS. The first-order chi connectivity index (χ1) is 10.7. The second-order valence-corrected chi connectivity index (χ2v) is 7.61. The summed E-state index contributed by atoms with van der Waals surface area (Å²) < 4.78 is 11.3. The lowest BCUT2D eigenvalue weighted by atomic mass is 9.84. The van der Waals surface area contributed by atoms with Crippen LogP contribution in [-0.4, -0.2) is 17.0 Å². The van der Waals surface area contributed by atoms with Gasteiger partial charge in [0.05, 0.1) is 0 Å². The van der Waals surface area contributed by atoms with Crippen LogP contribution in [0.15, 0.2) is 48.5 Å². The fraction of sp³-hybridized carbons (Fsp3) is 0.368. The van der Waals surface area contributed by atoms with Crippen LogP contribution in [-0.2, 0) is 29.4 Å². The summed E-state index contributed by atoms with van der Waals surface area (Å²) in [6.45, 7) is 1.01. The van der Waals surface area contributed by atoms with Crippen LogP contribution >= 0.6 is 0 Å². The molecular weight excluding hydrogens is 290 g/mol. The second-order valence-electron chi connectivity index (χ2n) is 6.18. The quantitative estimate of drug-likeness (QED) is 0.910. The summed E-state index contributed by atoms with van der Waals surface area (Å²) in [5, 5.41) is 3.56. The Bertz CT molecular complexity index is 668. The predicted molar refractivity (Wildman–Crippen MR) is 94.7 cm³/mol. The molecule has 0 amide bonds. The molecule has 22 heavy (non-hydrogen) atoms. The molecule has 0 aromatic heterocycles.